The van der Waals surface area contributed by atoms with Gasteiger partial charge >= 0.3 is 0 Å². The Bertz CT molecular complexity index is 1060. The summed E-state index contributed by atoms with van der Waals surface area (Å²) in [5, 5.41) is 12.2. The number of hydrogen-bond acceptors (Lipinski definition) is 5. The molecule has 5 nitrogen and oxygen atoms in total. The van der Waals surface area contributed by atoms with E-state index in [1.165, 1.54) is 0 Å². The van der Waals surface area contributed by atoms with E-state index in [0.29, 0.717) is 12.4 Å². The van der Waals surface area contributed by atoms with Crippen LogP contribution >= 0.6 is 38.6 Å². The number of carbonyl (C=O) groups is 1. The second kappa shape index (κ2) is 8.16. The molecule has 0 spiro atoms. The summed E-state index contributed by atoms with van der Waals surface area (Å²) in [6, 6.07) is 13.8. The molecule has 27 heavy (non-hydrogen) atoms. The van der Waals surface area contributed by atoms with Crippen molar-refractivity contribution in [1.29, 1.82) is 0 Å². The Morgan fingerprint density at radius 2 is 2.04 bits per heavy atom. The van der Waals surface area contributed by atoms with Crippen molar-refractivity contribution in [3.05, 3.63) is 75.2 Å². The molecule has 8 heteroatoms. The molecule has 1 amide bonds. The molecule has 0 atom stereocenters. The molecule has 3 heterocycles. The van der Waals surface area contributed by atoms with Gasteiger partial charge in [0.15, 0.2) is 0 Å². The molecule has 4 rings (SSSR count). The number of nitrogens with one attached hydrogen (secondary N) is 1. The number of aromatic nitrogens is 3. The van der Waals surface area contributed by atoms with Crippen LogP contribution in [0.25, 0.3) is 9.88 Å². The minimum absolute atomic E-state index is 0.105. The van der Waals surface area contributed by atoms with Gasteiger partial charge in [0.05, 0.1) is 29.7 Å². The van der Waals surface area contributed by atoms with Gasteiger partial charge < -0.3 is 5.32 Å². The van der Waals surface area contributed by atoms with E-state index in [0.717, 1.165) is 25.6 Å². The summed E-state index contributed by atoms with van der Waals surface area (Å²) in [6.45, 7) is 0.573. The maximum absolute atomic E-state index is 12.5. The first-order valence-electron chi connectivity index (χ1n) is 8.22. The lowest BCUT2D eigenvalue weighted by atomic mass is 10.2. The fourth-order valence-electron chi connectivity index (χ4n) is 2.61. The second-order valence-corrected chi connectivity index (χ2v) is 8.47. The van der Waals surface area contributed by atoms with Gasteiger partial charge in [0.1, 0.15) is 10.8 Å². The average Bonchev–Trinajstić information content (AvgIpc) is 3.39. The molecule has 0 bridgehead atoms. The smallest absolute Gasteiger partial charge is 0.231 e. The molecule has 1 N–H and O–H groups in total. The van der Waals surface area contributed by atoms with Crippen LogP contribution in [0.1, 0.15) is 11.3 Å². The molecule has 0 aliphatic heterocycles. The van der Waals surface area contributed by atoms with Crippen molar-refractivity contribution in [3.8, 4) is 9.88 Å². The summed E-state index contributed by atoms with van der Waals surface area (Å²) in [4.78, 5) is 18.1. The van der Waals surface area contributed by atoms with Crippen LogP contribution < -0.4 is 5.32 Å². The van der Waals surface area contributed by atoms with Gasteiger partial charge in [-0.3, -0.25) is 4.79 Å². The van der Waals surface area contributed by atoms with Crippen molar-refractivity contribution >= 4 is 50.3 Å². The molecular formula is C19H15BrN4OS2. The number of nitrogens with zero attached hydrogens (tertiary/aromatic N) is 3. The fourth-order valence-corrected chi connectivity index (χ4v) is 4.65. The summed E-state index contributed by atoms with van der Waals surface area (Å²) in [6.07, 6.45) is 1.92. The minimum atomic E-state index is -0.105. The first kappa shape index (κ1) is 18.1. The van der Waals surface area contributed by atoms with E-state index in [1.54, 1.807) is 39.6 Å². The normalized spacial score (nSPS) is 10.9. The Hall–Kier alpha value is -2.29. The van der Waals surface area contributed by atoms with Crippen molar-refractivity contribution < 1.29 is 4.79 Å². The monoisotopic (exact) mass is 458 g/mol. The highest BCUT2D eigenvalue weighted by atomic mass is 79.9. The molecule has 0 saturated heterocycles. The number of thiophene rings is 1. The topological polar surface area (TPSA) is 59.8 Å². The van der Waals surface area contributed by atoms with Crippen LogP contribution in [0.3, 0.4) is 0 Å². The SMILES string of the molecule is O=C(Cc1csc(-c2cccs2)n1)Nc1ccnn1Cc1ccccc1Br. The van der Waals surface area contributed by atoms with Crippen molar-refractivity contribution in [1.82, 2.24) is 14.8 Å². The van der Waals surface area contributed by atoms with Crippen LogP contribution in [0.4, 0.5) is 5.82 Å². The lowest BCUT2D eigenvalue weighted by molar-refractivity contribution is -0.115. The minimum Gasteiger partial charge on any atom is -0.311 e. The summed E-state index contributed by atoms with van der Waals surface area (Å²) < 4.78 is 2.79. The molecular weight excluding hydrogens is 444 g/mol. The van der Waals surface area contributed by atoms with Gasteiger partial charge in [-0.2, -0.15) is 5.10 Å². The van der Waals surface area contributed by atoms with E-state index in [-0.39, 0.29) is 12.3 Å². The van der Waals surface area contributed by atoms with Gasteiger partial charge in [-0.1, -0.05) is 40.2 Å². The Kier molecular flexibility index (Phi) is 5.47. The van der Waals surface area contributed by atoms with E-state index >= 15 is 0 Å². The average molecular weight is 459 g/mol. The molecule has 0 saturated carbocycles. The number of hydrogen-bond donors (Lipinski definition) is 1. The first-order chi connectivity index (χ1) is 13.2. The van der Waals surface area contributed by atoms with Crippen molar-refractivity contribution in [2.24, 2.45) is 0 Å². The number of benzene rings is 1. The zero-order valence-corrected chi connectivity index (χ0v) is 17.4. The Labute approximate surface area is 172 Å². The highest BCUT2D eigenvalue weighted by molar-refractivity contribution is 9.10. The van der Waals surface area contributed by atoms with Crippen molar-refractivity contribution in [3.63, 3.8) is 0 Å². The zero-order chi connectivity index (χ0) is 18.6. The third-order valence-electron chi connectivity index (χ3n) is 3.89. The quantitative estimate of drug-likeness (QED) is 0.439. The Balaban J connectivity index is 1.42. The van der Waals surface area contributed by atoms with Crippen molar-refractivity contribution in [2.45, 2.75) is 13.0 Å². The number of anilines is 1. The van der Waals surface area contributed by atoms with Crippen LogP contribution in [-0.4, -0.2) is 20.7 Å². The van der Waals surface area contributed by atoms with E-state index in [2.05, 4.69) is 31.3 Å². The van der Waals surface area contributed by atoms with Crippen LogP contribution in [0.15, 0.2) is 63.9 Å². The molecule has 0 unspecified atom stereocenters. The van der Waals surface area contributed by atoms with E-state index in [4.69, 9.17) is 0 Å². The first-order valence-corrected chi connectivity index (χ1v) is 10.8. The summed E-state index contributed by atoms with van der Waals surface area (Å²) >= 11 is 6.75. The molecule has 0 fully saturated rings. The van der Waals surface area contributed by atoms with Gasteiger partial charge in [0, 0.05) is 15.9 Å². The van der Waals surface area contributed by atoms with Gasteiger partial charge in [0.25, 0.3) is 0 Å². The van der Waals surface area contributed by atoms with Crippen LogP contribution in [0.5, 0.6) is 0 Å². The summed E-state index contributed by atoms with van der Waals surface area (Å²) in [5.74, 6) is 0.566. The lowest BCUT2D eigenvalue weighted by Gasteiger charge is -2.10. The number of halogens is 1. The molecule has 0 aliphatic carbocycles. The predicted molar refractivity (Wildman–Crippen MR) is 113 cm³/mol. The highest BCUT2D eigenvalue weighted by Crippen LogP contribution is 2.28. The molecule has 136 valence electrons. The van der Waals surface area contributed by atoms with Crippen LogP contribution in [0.2, 0.25) is 0 Å². The van der Waals surface area contributed by atoms with Crippen molar-refractivity contribution in [2.75, 3.05) is 5.32 Å². The fraction of sp³-hybridized carbons (Fsp3) is 0.105. The van der Waals surface area contributed by atoms with E-state index in [9.17, 15) is 4.79 Å². The molecule has 0 aliphatic rings. The van der Waals surface area contributed by atoms with E-state index in [1.807, 2.05) is 47.2 Å². The number of carbonyl (C=O) groups excluding carboxylic acids is 1. The molecule has 3 aromatic heterocycles. The van der Waals surface area contributed by atoms with Gasteiger partial charge in [-0.15, -0.1) is 22.7 Å². The second-order valence-electron chi connectivity index (χ2n) is 5.81. The van der Waals surface area contributed by atoms with Crippen LogP contribution in [0, 0.1) is 0 Å². The standard InChI is InChI=1S/C19H15BrN4OS2/c20-15-5-2-1-4-13(15)11-24-17(7-8-21-24)23-18(25)10-14-12-27-19(22-14)16-6-3-9-26-16/h1-9,12H,10-11H2,(H,23,25). The van der Waals surface area contributed by atoms with Gasteiger partial charge in [-0.05, 0) is 23.1 Å². The van der Waals surface area contributed by atoms with E-state index < -0.39 is 0 Å². The number of thiazole rings is 1. The van der Waals surface area contributed by atoms with Gasteiger partial charge in [-0.25, -0.2) is 9.67 Å². The largest absolute Gasteiger partial charge is 0.311 e. The van der Waals surface area contributed by atoms with Gasteiger partial charge in [0.2, 0.25) is 5.91 Å². The molecule has 1 aromatic carbocycles. The lowest BCUT2D eigenvalue weighted by Crippen LogP contribution is -2.18. The maximum Gasteiger partial charge on any atom is 0.231 e. The third kappa shape index (κ3) is 4.35. The Morgan fingerprint density at radius 1 is 1.15 bits per heavy atom. The maximum atomic E-state index is 12.5. The zero-order valence-electron chi connectivity index (χ0n) is 14.1. The predicted octanol–water partition coefficient (Wildman–Crippen LogP) is 5.06. The summed E-state index contributed by atoms with van der Waals surface area (Å²) in [7, 11) is 0. The number of rotatable bonds is 6. The van der Waals surface area contributed by atoms with Crippen LogP contribution in [-0.2, 0) is 17.8 Å². The summed E-state index contributed by atoms with van der Waals surface area (Å²) in [5.41, 5.74) is 1.87. The highest BCUT2D eigenvalue weighted by Gasteiger charge is 2.12. The molecule has 0 radical (unpaired) electrons. The number of amides is 1. The third-order valence-corrected chi connectivity index (χ3v) is 6.59. The Morgan fingerprint density at radius 3 is 2.85 bits per heavy atom. The molecule has 4 aromatic rings.